The molecule has 2 aliphatic rings. The van der Waals surface area contributed by atoms with E-state index in [1.807, 2.05) is 35.2 Å². The summed E-state index contributed by atoms with van der Waals surface area (Å²) in [6, 6.07) is 20.3. The van der Waals surface area contributed by atoms with Crippen molar-refractivity contribution in [2.24, 2.45) is 0 Å². The van der Waals surface area contributed by atoms with Gasteiger partial charge in [-0.05, 0) is 35.2 Å². The van der Waals surface area contributed by atoms with Crippen molar-refractivity contribution in [1.82, 2.24) is 9.80 Å². The molecule has 0 atom stereocenters. The van der Waals surface area contributed by atoms with Gasteiger partial charge in [0.05, 0.1) is 12.4 Å². The first-order chi connectivity index (χ1) is 13.7. The Balaban J connectivity index is 1.24. The number of hydrogen-bond acceptors (Lipinski definition) is 3. The van der Waals surface area contributed by atoms with E-state index in [1.54, 1.807) is 0 Å². The minimum absolute atomic E-state index is 0.121. The fourth-order valence-corrected chi connectivity index (χ4v) is 4.38. The first-order valence-electron chi connectivity index (χ1n) is 9.72. The molecule has 0 radical (unpaired) electrons. The Kier molecular flexibility index (Phi) is 4.55. The molecule has 4 nitrogen and oxygen atoms in total. The number of anilines is 1. The molecule has 0 saturated carbocycles. The van der Waals surface area contributed by atoms with Crippen molar-refractivity contribution < 1.29 is 4.79 Å². The van der Waals surface area contributed by atoms with Gasteiger partial charge in [0.15, 0.2) is 0 Å². The standard InChI is InChI=1S/C23H22ClN3O/c24-19-9-7-17(8-10-19)15-25-11-13-26(14-12-25)16-27-21-6-2-4-18-3-1-5-20(22(18)21)23(27)28/h1-10H,11-16H2. The Morgan fingerprint density at radius 3 is 2.25 bits per heavy atom. The van der Waals surface area contributed by atoms with E-state index in [4.69, 9.17) is 11.6 Å². The SMILES string of the molecule is O=C1c2cccc3cccc(c23)N1CN1CCN(Cc2ccc(Cl)cc2)CC1. The van der Waals surface area contributed by atoms with Gasteiger partial charge in [0.2, 0.25) is 0 Å². The van der Waals surface area contributed by atoms with Crippen LogP contribution in [0.5, 0.6) is 0 Å². The van der Waals surface area contributed by atoms with E-state index in [9.17, 15) is 4.79 Å². The largest absolute Gasteiger partial charge is 0.297 e. The van der Waals surface area contributed by atoms with Crippen molar-refractivity contribution >= 4 is 34.0 Å². The second-order valence-corrected chi connectivity index (χ2v) is 8.01. The minimum atomic E-state index is 0.121. The quantitative estimate of drug-likeness (QED) is 0.666. The zero-order valence-corrected chi connectivity index (χ0v) is 16.4. The van der Waals surface area contributed by atoms with E-state index in [-0.39, 0.29) is 5.91 Å². The van der Waals surface area contributed by atoms with Gasteiger partial charge < -0.3 is 0 Å². The van der Waals surface area contributed by atoms with E-state index in [1.165, 1.54) is 5.56 Å². The third kappa shape index (κ3) is 3.18. The van der Waals surface area contributed by atoms with Crippen LogP contribution in [0.2, 0.25) is 5.02 Å². The average molecular weight is 392 g/mol. The van der Waals surface area contributed by atoms with Crippen LogP contribution in [0.4, 0.5) is 5.69 Å². The maximum absolute atomic E-state index is 13.0. The van der Waals surface area contributed by atoms with Crippen molar-refractivity contribution in [1.29, 1.82) is 0 Å². The summed E-state index contributed by atoms with van der Waals surface area (Å²) in [5.41, 5.74) is 3.16. The molecule has 1 fully saturated rings. The Hall–Kier alpha value is -2.40. The van der Waals surface area contributed by atoms with Crippen LogP contribution in [0.25, 0.3) is 10.8 Å². The predicted molar refractivity (Wildman–Crippen MR) is 114 cm³/mol. The van der Waals surface area contributed by atoms with Gasteiger partial charge in [0.25, 0.3) is 5.91 Å². The fourth-order valence-electron chi connectivity index (χ4n) is 4.26. The molecule has 2 aliphatic heterocycles. The zero-order valence-electron chi connectivity index (χ0n) is 15.6. The summed E-state index contributed by atoms with van der Waals surface area (Å²) in [6.07, 6.45) is 0. The molecular formula is C23H22ClN3O. The van der Waals surface area contributed by atoms with E-state index in [0.29, 0.717) is 6.67 Å². The molecule has 0 bridgehead atoms. The summed E-state index contributed by atoms with van der Waals surface area (Å²) in [7, 11) is 0. The van der Waals surface area contributed by atoms with Crippen molar-refractivity contribution in [3.8, 4) is 0 Å². The molecule has 2 heterocycles. The molecule has 1 amide bonds. The number of piperazine rings is 1. The monoisotopic (exact) mass is 391 g/mol. The number of carbonyl (C=O) groups is 1. The van der Waals surface area contributed by atoms with E-state index < -0.39 is 0 Å². The highest BCUT2D eigenvalue weighted by molar-refractivity contribution is 6.30. The zero-order chi connectivity index (χ0) is 19.1. The molecule has 0 aromatic heterocycles. The number of benzene rings is 3. The van der Waals surface area contributed by atoms with Crippen molar-refractivity contribution in [2.45, 2.75) is 6.54 Å². The molecule has 3 aromatic carbocycles. The van der Waals surface area contributed by atoms with Gasteiger partial charge in [-0.3, -0.25) is 19.5 Å². The van der Waals surface area contributed by atoms with Crippen LogP contribution in [-0.4, -0.2) is 48.6 Å². The lowest BCUT2D eigenvalue weighted by Gasteiger charge is -2.36. The van der Waals surface area contributed by atoms with E-state index in [2.05, 4.69) is 40.1 Å². The van der Waals surface area contributed by atoms with Crippen molar-refractivity contribution in [3.63, 3.8) is 0 Å². The number of rotatable bonds is 4. The molecule has 5 rings (SSSR count). The van der Waals surface area contributed by atoms with Crippen LogP contribution in [-0.2, 0) is 6.54 Å². The van der Waals surface area contributed by atoms with Gasteiger partial charge in [-0.2, -0.15) is 0 Å². The van der Waals surface area contributed by atoms with Crippen LogP contribution in [0.1, 0.15) is 15.9 Å². The topological polar surface area (TPSA) is 26.8 Å². The second kappa shape index (κ2) is 7.21. The maximum atomic E-state index is 13.0. The summed E-state index contributed by atoms with van der Waals surface area (Å²) in [5, 5.41) is 3.01. The Labute approximate surface area is 169 Å². The highest BCUT2D eigenvalue weighted by Gasteiger charge is 2.31. The lowest BCUT2D eigenvalue weighted by Crippen LogP contribution is -2.50. The van der Waals surface area contributed by atoms with Crippen LogP contribution in [0.3, 0.4) is 0 Å². The molecule has 3 aromatic rings. The molecule has 1 saturated heterocycles. The first-order valence-corrected chi connectivity index (χ1v) is 10.1. The van der Waals surface area contributed by atoms with Crippen molar-refractivity contribution in [3.05, 3.63) is 76.8 Å². The van der Waals surface area contributed by atoms with E-state index >= 15 is 0 Å². The number of carbonyl (C=O) groups excluding carboxylic acids is 1. The van der Waals surface area contributed by atoms with Gasteiger partial charge in [-0.1, -0.05) is 48.0 Å². The maximum Gasteiger partial charge on any atom is 0.260 e. The smallest absolute Gasteiger partial charge is 0.260 e. The molecule has 5 heteroatoms. The predicted octanol–water partition coefficient (Wildman–Crippen LogP) is 4.23. The lowest BCUT2D eigenvalue weighted by molar-refractivity contribution is 0.0934. The molecular weight excluding hydrogens is 370 g/mol. The molecule has 0 spiro atoms. The normalized spacial score (nSPS) is 17.6. The van der Waals surface area contributed by atoms with Gasteiger partial charge in [-0.15, -0.1) is 0 Å². The number of amides is 1. The molecule has 0 aliphatic carbocycles. The van der Waals surface area contributed by atoms with Gasteiger partial charge in [-0.25, -0.2) is 0 Å². The summed E-state index contributed by atoms with van der Waals surface area (Å²) in [6.45, 7) is 5.52. The highest BCUT2D eigenvalue weighted by Crippen LogP contribution is 2.37. The van der Waals surface area contributed by atoms with Crippen LogP contribution < -0.4 is 4.90 Å². The molecule has 142 valence electrons. The van der Waals surface area contributed by atoms with Crippen molar-refractivity contribution in [2.75, 3.05) is 37.7 Å². The third-order valence-electron chi connectivity index (χ3n) is 5.77. The van der Waals surface area contributed by atoms with Crippen LogP contribution in [0.15, 0.2) is 60.7 Å². The summed E-state index contributed by atoms with van der Waals surface area (Å²) < 4.78 is 0. The Morgan fingerprint density at radius 1 is 0.821 bits per heavy atom. The summed E-state index contributed by atoms with van der Waals surface area (Å²) >= 11 is 5.98. The average Bonchev–Trinajstić information content (AvgIpc) is 2.99. The molecule has 28 heavy (non-hydrogen) atoms. The van der Waals surface area contributed by atoms with E-state index in [0.717, 1.165) is 59.8 Å². The summed E-state index contributed by atoms with van der Waals surface area (Å²) in [5.74, 6) is 0.121. The van der Waals surface area contributed by atoms with Crippen LogP contribution in [0, 0.1) is 0 Å². The summed E-state index contributed by atoms with van der Waals surface area (Å²) in [4.78, 5) is 19.7. The highest BCUT2D eigenvalue weighted by atomic mass is 35.5. The second-order valence-electron chi connectivity index (χ2n) is 7.58. The number of halogens is 1. The third-order valence-corrected chi connectivity index (χ3v) is 6.03. The fraction of sp³-hybridized carbons (Fsp3) is 0.261. The number of hydrogen-bond donors (Lipinski definition) is 0. The first kappa shape index (κ1) is 17.7. The Morgan fingerprint density at radius 2 is 1.50 bits per heavy atom. The van der Waals surface area contributed by atoms with Gasteiger partial charge >= 0.3 is 0 Å². The van der Waals surface area contributed by atoms with Gasteiger partial charge in [0, 0.05) is 48.7 Å². The molecule has 0 unspecified atom stereocenters. The molecule has 0 N–H and O–H groups in total. The lowest BCUT2D eigenvalue weighted by atomic mass is 10.1. The number of nitrogens with zero attached hydrogens (tertiary/aromatic N) is 3. The van der Waals surface area contributed by atoms with Crippen LogP contribution >= 0.6 is 11.6 Å². The minimum Gasteiger partial charge on any atom is -0.297 e. The van der Waals surface area contributed by atoms with Gasteiger partial charge in [0.1, 0.15) is 0 Å². The Bertz CT molecular complexity index is 1020.